The molecule has 7 nitrogen and oxygen atoms in total. The van der Waals surface area contributed by atoms with Crippen LogP contribution in [0.3, 0.4) is 0 Å². The molecule has 166 valence electrons. The van der Waals surface area contributed by atoms with Crippen molar-refractivity contribution in [2.75, 3.05) is 45.8 Å². The van der Waals surface area contributed by atoms with Crippen molar-refractivity contribution in [2.45, 2.75) is 40.2 Å². The Labute approximate surface area is 180 Å². The standard InChI is InChI=1S/C23H36N4O3/c1-5-26(6-2)21(29)17-25-12-14-27(15-13-25)23(30)22(19-10-8-7-9-11-19)24-20(28)16-18(3)4/h7-11,18,22H,5-6,12-17H2,1-4H3,(H,24,28). The van der Waals surface area contributed by atoms with E-state index in [1.165, 1.54) is 0 Å². The first kappa shape index (κ1) is 23.9. The Morgan fingerprint density at radius 3 is 2.13 bits per heavy atom. The van der Waals surface area contributed by atoms with E-state index in [2.05, 4.69) is 10.2 Å². The van der Waals surface area contributed by atoms with Crippen molar-refractivity contribution in [3.8, 4) is 0 Å². The number of rotatable bonds is 9. The van der Waals surface area contributed by atoms with Crippen molar-refractivity contribution in [2.24, 2.45) is 5.92 Å². The van der Waals surface area contributed by atoms with Gasteiger partial charge in [0.2, 0.25) is 17.7 Å². The van der Waals surface area contributed by atoms with Crippen LogP contribution >= 0.6 is 0 Å². The molecule has 0 bridgehead atoms. The molecule has 0 radical (unpaired) electrons. The van der Waals surface area contributed by atoms with Crippen LogP contribution in [0.2, 0.25) is 0 Å². The smallest absolute Gasteiger partial charge is 0.249 e. The van der Waals surface area contributed by atoms with Crippen LogP contribution in [-0.4, -0.2) is 78.2 Å². The van der Waals surface area contributed by atoms with E-state index in [0.717, 1.165) is 5.56 Å². The number of hydrogen-bond acceptors (Lipinski definition) is 4. The van der Waals surface area contributed by atoms with Gasteiger partial charge in [-0.25, -0.2) is 0 Å². The number of nitrogens with one attached hydrogen (secondary N) is 1. The van der Waals surface area contributed by atoms with Crippen LogP contribution in [0.1, 0.15) is 45.7 Å². The highest BCUT2D eigenvalue weighted by Crippen LogP contribution is 2.18. The van der Waals surface area contributed by atoms with Crippen molar-refractivity contribution in [3.05, 3.63) is 35.9 Å². The van der Waals surface area contributed by atoms with Crippen LogP contribution < -0.4 is 5.32 Å². The number of hydrogen-bond donors (Lipinski definition) is 1. The zero-order valence-electron chi connectivity index (χ0n) is 18.8. The molecule has 0 spiro atoms. The van der Waals surface area contributed by atoms with Crippen molar-refractivity contribution in [3.63, 3.8) is 0 Å². The molecule has 0 aliphatic carbocycles. The number of nitrogens with zero attached hydrogens (tertiary/aromatic N) is 3. The molecule has 1 aromatic carbocycles. The monoisotopic (exact) mass is 416 g/mol. The molecule has 1 N–H and O–H groups in total. The molecule has 3 amide bonds. The maximum absolute atomic E-state index is 13.3. The Morgan fingerprint density at radius 2 is 1.60 bits per heavy atom. The van der Waals surface area contributed by atoms with E-state index in [4.69, 9.17) is 0 Å². The van der Waals surface area contributed by atoms with Crippen LogP contribution in [0.15, 0.2) is 30.3 Å². The van der Waals surface area contributed by atoms with Gasteiger partial charge in [-0.2, -0.15) is 0 Å². The summed E-state index contributed by atoms with van der Waals surface area (Å²) in [5.41, 5.74) is 0.791. The van der Waals surface area contributed by atoms with Crippen LogP contribution in [-0.2, 0) is 14.4 Å². The Kier molecular flexibility index (Phi) is 9.30. The lowest BCUT2D eigenvalue weighted by Crippen LogP contribution is -2.54. The summed E-state index contributed by atoms with van der Waals surface area (Å²) in [7, 11) is 0. The van der Waals surface area contributed by atoms with E-state index in [-0.39, 0.29) is 23.6 Å². The fourth-order valence-corrected chi connectivity index (χ4v) is 3.70. The van der Waals surface area contributed by atoms with Crippen LogP contribution in [0.5, 0.6) is 0 Å². The average molecular weight is 417 g/mol. The zero-order chi connectivity index (χ0) is 22.1. The van der Waals surface area contributed by atoms with E-state index >= 15 is 0 Å². The number of carbonyl (C=O) groups is 3. The minimum absolute atomic E-state index is 0.0898. The first-order chi connectivity index (χ1) is 14.3. The molecule has 30 heavy (non-hydrogen) atoms. The first-order valence-corrected chi connectivity index (χ1v) is 11.0. The van der Waals surface area contributed by atoms with Gasteiger partial charge in [-0.3, -0.25) is 19.3 Å². The molecule has 2 rings (SSSR count). The molecular weight excluding hydrogens is 380 g/mol. The highest BCUT2D eigenvalue weighted by Gasteiger charge is 2.30. The Bertz CT molecular complexity index is 696. The third-order valence-corrected chi connectivity index (χ3v) is 5.44. The third kappa shape index (κ3) is 6.83. The molecule has 1 aliphatic heterocycles. The van der Waals surface area contributed by atoms with Crippen molar-refractivity contribution in [1.29, 1.82) is 0 Å². The van der Waals surface area contributed by atoms with Crippen molar-refractivity contribution >= 4 is 17.7 Å². The zero-order valence-corrected chi connectivity index (χ0v) is 18.8. The van der Waals surface area contributed by atoms with Crippen molar-refractivity contribution < 1.29 is 14.4 Å². The molecule has 0 saturated carbocycles. The van der Waals surface area contributed by atoms with Gasteiger partial charge in [0, 0.05) is 45.7 Å². The summed E-state index contributed by atoms with van der Waals surface area (Å²) in [5.74, 6) is 0.148. The molecule has 1 fully saturated rings. The maximum atomic E-state index is 13.3. The van der Waals surface area contributed by atoms with Gasteiger partial charge in [-0.1, -0.05) is 44.2 Å². The summed E-state index contributed by atoms with van der Waals surface area (Å²) in [4.78, 5) is 43.7. The molecular formula is C23H36N4O3. The summed E-state index contributed by atoms with van der Waals surface area (Å²) >= 11 is 0. The number of benzene rings is 1. The molecule has 1 aromatic rings. The molecule has 1 heterocycles. The van der Waals surface area contributed by atoms with Crippen LogP contribution in [0, 0.1) is 5.92 Å². The molecule has 1 unspecified atom stereocenters. The van der Waals surface area contributed by atoms with Gasteiger partial charge in [-0.15, -0.1) is 0 Å². The summed E-state index contributed by atoms with van der Waals surface area (Å²) in [6.45, 7) is 12.1. The Hall–Kier alpha value is -2.41. The van der Waals surface area contributed by atoms with Gasteiger partial charge < -0.3 is 15.1 Å². The molecule has 1 aliphatic rings. The quantitative estimate of drug-likeness (QED) is 0.667. The first-order valence-electron chi connectivity index (χ1n) is 11.0. The van der Waals surface area contributed by atoms with Crippen LogP contribution in [0.4, 0.5) is 0 Å². The maximum Gasteiger partial charge on any atom is 0.249 e. The van der Waals surface area contributed by atoms with Gasteiger partial charge in [0.05, 0.1) is 6.54 Å². The lowest BCUT2D eigenvalue weighted by atomic mass is 10.0. The molecule has 1 atom stereocenters. The van der Waals surface area contributed by atoms with Gasteiger partial charge >= 0.3 is 0 Å². The summed E-state index contributed by atoms with van der Waals surface area (Å²) in [5, 5.41) is 2.93. The van der Waals surface area contributed by atoms with Crippen LogP contribution in [0.25, 0.3) is 0 Å². The Balaban J connectivity index is 2.00. The lowest BCUT2D eigenvalue weighted by Gasteiger charge is -2.37. The lowest BCUT2D eigenvalue weighted by molar-refractivity contribution is -0.139. The van der Waals surface area contributed by atoms with E-state index in [9.17, 15) is 14.4 Å². The minimum atomic E-state index is -0.679. The SMILES string of the molecule is CCN(CC)C(=O)CN1CCN(C(=O)C(NC(=O)CC(C)C)c2ccccc2)CC1. The van der Waals surface area contributed by atoms with E-state index < -0.39 is 6.04 Å². The molecule has 7 heteroatoms. The third-order valence-electron chi connectivity index (χ3n) is 5.44. The fraction of sp³-hybridized carbons (Fsp3) is 0.609. The van der Waals surface area contributed by atoms with E-state index in [0.29, 0.717) is 52.2 Å². The predicted octanol–water partition coefficient (Wildman–Crippen LogP) is 1.90. The van der Waals surface area contributed by atoms with E-state index in [1.54, 1.807) is 4.90 Å². The predicted molar refractivity (Wildman–Crippen MR) is 118 cm³/mol. The second kappa shape index (κ2) is 11.7. The second-order valence-corrected chi connectivity index (χ2v) is 8.18. The summed E-state index contributed by atoms with van der Waals surface area (Å²) < 4.78 is 0. The van der Waals surface area contributed by atoms with Gasteiger partial charge in [-0.05, 0) is 25.3 Å². The summed E-state index contributed by atoms with van der Waals surface area (Å²) in [6.07, 6.45) is 0.387. The topological polar surface area (TPSA) is 73.0 Å². The highest BCUT2D eigenvalue weighted by molar-refractivity contribution is 5.89. The molecule has 0 aromatic heterocycles. The highest BCUT2D eigenvalue weighted by atomic mass is 16.2. The number of piperazine rings is 1. The largest absolute Gasteiger partial charge is 0.342 e. The number of carbonyl (C=O) groups excluding carboxylic acids is 3. The minimum Gasteiger partial charge on any atom is -0.342 e. The number of likely N-dealkylation sites (N-methyl/N-ethyl adjacent to an activating group) is 1. The normalized spacial score (nSPS) is 15.7. The van der Waals surface area contributed by atoms with Gasteiger partial charge in [0.1, 0.15) is 6.04 Å². The average Bonchev–Trinajstić information content (AvgIpc) is 2.73. The van der Waals surface area contributed by atoms with Crippen molar-refractivity contribution in [1.82, 2.24) is 20.0 Å². The summed E-state index contributed by atoms with van der Waals surface area (Å²) in [6, 6.07) is 8.71. The van der Waals surface area contributed by atoms with E-state index in [1.807, 2.05) is 62.9 Å². The van der Waals surface area contributed by atoms with Gasteiger partial charge in [0.15, 0.2) is 0 Å². The second-order valence-electron chi connectivity index (χ2n) is 8.18. The fourth-order valence-electron chi connectivity index (χ4n) is 3.70. The Morgan fingerprint density at radius 1 is 1.00 bits per heavy atom. The molecule has 1 saturated heterocycles. The van der Waals surface area contributed by atoms with Gasteiger partial charge in [0.25, 0.3) is 0 Å². The number of amides is 3.